The molecule has 0 aromatic heterocycles. The molecule has 1 N–H and O–H groups in total. The van der Waals surface area contributed by atoms with Gasteiger partial charge in [-0.2, -0.15) is 0 Å². The van der Waals surface area contributed by atoms with E-state index in [0.717, 1.165) is 20.3 Å². The fourth-order valence-electron chi connectivity index (χ4n) is 2.25. The Bertz CT molecular complexity index is 613. The van der Waals surface area contributed by atoms with Gasteiger partial charge in [0.1, 0.15) is 11.6 Å². The molecule has 0 aliphatic carbocycles. The van der Waals surface area contributed by atoms with Gasteiger partial charge in [-0.15, -0.1) is 0 Å². The highest BCUT2D eigenvalue weighted by atomic mass is 79.9. The number of halogens is 3. The van der Waals surface area contributed by atoms with Crippen molar-refractivity contribution < 1.29 is 9.13 Å². The first-order valence-electron chi connectivity index (χ1n) is 6.50. The molecule has 0 fully saturated rings. The molecular weight excluding hydrogens is 401 g/mol. The lowest BCUT2D eigenvalue weighted by molar-refractivity contribution is 0.413. The highest BCUT2D eigenvalue weighted by molar-refractivity contribution is 9.10. The van der Waals surface area contributed by atoms with Gasteiger partial charge in [0.05, 0.1) is 7.11 Å². The van der Waals surface area contributed by atoms with Crippen molar-refractivity contribution in [3.05, 3.63) is 62.3 Å². The molecule has 2 aromatic rings. The van der Waals surface area contributed by atoms with Gasteiger partial charge in [0.25, 0.3) is 0 Å². The number of rotatable bonds is 5. The van der Waals surface area contributed by atoms with E-state index in [1.54, 1.807) is 13.2 Å². The van der Waals surface area contributed by atoms with Crippen LogP contribution in [0.1, 0.15) is 17.2 Å². The lowest BCUT2D eigenvalue weighted by atomic mass is 9.98. The topological polar surface area (TPSA) is 21.3 Å². The summed E-state index contributed by atoms with van der Waals surface area (Å²) in [5, 5.41) is 3.18. The Balaban J connectivity index is 2.36. The molecule has 2 rings (SSSR count). The van der Waals surface area contributed by atoms with E-state index in [4.69, 9.17) is 4.74 Å². The molecule has 2 aromatic carbocycles. The van der Waals surface area contributed by atoms with Gasteiger partial charge in [-0.25, -0.2) is 4.39 Å². The van der Waals surface area contributed by atoms with Crippen LogP contribution in [0.2, 0.25) is 0 Å². The van der Waals surface area contributed by atoms with Gasteiger partial charge >= 0.3 is 0 Å². The standard InChI is InChI=1S/C16H16Br2FNO/c1-20-15(16-13(18)4-3-5-14(16)19)9-10-8-11(21-2)6-7-12(10)17/h3-8,15,20H,9H2,1-2H3. The minimum Gasteiger partial charge on any atom is -0.497 e. The predicted molar refractivity (Wildman–Crippen MR) is 90.3 cm³/mol. The second kappa shape index (κ2) is 7.38. The van der Waals surface area contributed by atoms with Gasteiger partial charge in [0.15, 0.2) is 0 Å². The molecule has 2 nitrogen and oxygen atoms in total. The van der Waals surface area contributed by atoms with E-state index in [-0.39, 0.29) is 11.9 Å². The zero-order valence-electron chi connectivity index (χ0n) is 11.8. The van der Waals surface area contributed by atoms with Crippen molar-refractivity contribution in [2.45, 2.75) is 12.5 Å². The largest absolute Gasteiger partial charge is 0.497 e. The molecule has 5 heteroatoms. The van der Waals surface area contributed by atoms with Crippen molar-refractivity contribution in [2.24, 2.45) is 0 Å². The molecular formula is C16H16Br2FNO. The van der Waals surface area contributed by atoms with Crippen LogP contribution < -0.4 is 10.1 Å². The first-order chi connectivity index (χ1) is 10.1. The average Bonchev–Trinajstić information content (AvgIpc) is 2.47. The first kappa shape index (κ1) is 16.5. The third-order valence-electron chi connectivity index (χ3n) is 3.37. The minimum atomic E-state index is -0.220. The quantitative estimate of drug-likeness (QED) is 0.751. The zero-order valence-corrected chi connectivity index (χ0v) is 15.0. The van der Waals surface area contributed by atoms with Gasteiger partial charge in [-0.3, -0.25) is 0 Å². The van der Waals surface area contributed by atoms with Crippen LogP contribution in [-0.2, 0) is 6.42 Å². The number of methoxy groups -OCH3 is 1. The van der Waals surface area contributed by atoms with Crippen molar-refractivity contribution in [3.63, 3.8) is 0 Å². The van der Waals surface area contributed by atoms with E-state index in [1.807, 2.05) is 31.3 Å². The second-order valence-corrected chi connectivity index (χ2v) is 6.35. The molecule has 112 valence electrons. The molecule has 0 radical (unpaired) electrons. The Kier molecular flexibility index (Phi) is 5.79. The smallest absolute Gasteiger partial charge is 0.129 e. The van der Waals surface area contributed by atoms with Crippen LogP contribution in [0.25, 0.3) is 0 Å². The van der Waals surface area contributed by atoms with Crippen LogP contribution in [0.15, 0.2) is 45.3 Å². The summed E-state index contributed by atoms with van der Waals surface area (Å²) >= 11 is 6.97. The molecule has 1 atom stereocenters. The molecule has 0 amide bonds. The fraction of sp³-hybridized carbons (Fsp3) is 0.250. The minimum absolute atomic E-state index is 0.135. The number of nitrogens with one attached hydrogen (secondary N) is 1. The van der Waals surface area contributed by atoms with Crippen molar-refractivity contribution in [3.8, 4) is 5.75 Å². The Morgan fingerprint density at radius 1 is 1.19 bits per heavy atom. The fourth-order valence-corrected chi connectivity index (χ4v) is 3.27. The van der Waals surface area contributed by atoms with E-state index in [0.29, 0.717) is 12.0 Å². The Morgan fingerprint density at radius 3 is 2.57 bits per heavy atom. The summed E-state index contributed by atoms with van der Waals surface area (Å²) in [6, 6.07) is 10.7. The molecule has 21 heavy (non-hydrogen) atoms. The van der Waals surface area contributed by atoms with Gasteiger partial charge in [0.2, 0.25) is 0 Å². The predicted octanol–water partition coefficient (Wildman–Crippen LogP) is 4.86. The van der Waals surface area contributed by atoms with E-state index >= 15 is 0 Å². The van der Waals surface area contributed by atoms with Crippen molar-refractivity contribution in [1.29, 1.82) is 0 Å². The summed E-state index contributed by atoms with van der Waals surface area (Å²) in [4.78, 5) is 0. The van der Waals surface area contributed by atoms with Crippen LogP contribution in [0.5, 0.6) is 5.75 Å². The van der Waals surface area contributed by atoms with E-state index in [2.05, 4.69) is 37.2 Å². The number of benzene rings is 2. The number of ether oxygens (including phenoxy) is 1. The van der Waals surface area contributed by atoms with Gasteiger partial charge in [-0.1, -0.05) is 37.9 Å². The maximum absolute atomic E-state index is 14.1. The second-order valence-electron chi connectivity index (χ2n) is 4.64. The first-order valence-corrected chi connectivity index (χ1v) is 8.09. The highest BCUT2D eigenvalue weighted by Crippen LogP contribution is 2.31. The summed E-state index contributed by atoms with van der Waals surface area (Å²) in [6.07, 6.45) is 0.647. The Labute approximate surface area is 141 Å². The number of hydrogen-bond acceptors (Lipinski definition) is 2. The molecule has 0 spiro atoms. The number of likely N-dealkylation sites (N-methyl/N-ethyl adjacent to an activating group) is 1. The molecule has 0 saturated heterocycles. The lowest BCUT2D eigenvalue weighted by Crippen LogP contribution is -2.21. The highest BCUT2D eigenvalue weighted by Gasteiger charge is 2.19. The van der Waals surface area contributed by atoms with Crippen LogP contribution in [0, 0.1) is 5.82 Å². The monoisotopic (exact) mass is 415 g/mol. The lowest BCUT2D eigenvalue weighted by Gasteiger charge is -2.20. The van der Waals surface area contributed by atoms with Gasteiger partial charge in [0, 0.05) is 20.6 Å². The van der Waals surface area contributed by atoms with Crippen molar-refractivity contribution >= 4 is 31.9 Å². The van der Waals surface area contributed by atoms with E-state index in [9.17, 15) is 4.39 Å². The van der Waals surface area contributed by atoms with E-state index in [1.165, 1.54) is 6.07 Å². The molecule has 0 heterocycles. The molecule has 0 saturated carbocycles. The van der Waals surface area contributed by atoms with Crippen molar-refractivity contribution in [1.82, 2.24) is 5.32 Å². The number of hydrogen-bond donors (Lipinski definition) is 1. The maximum atomic E-state index is 14.1. The summed E-state index contributed by atoms with van der Waals surface area (Å²) in [6.45, 7) is 0. The van der Waals surface area contributed by atoms with Crippen LogP contribution in [0.4, 0.5) is 4.39 Å². The van der Waals surface area contributed by atoms with E-state index < -0.39 is 0 Å². The Morgan fingerprint density at radius 2 is 1.95 bits per heavy atom. The van der Waals surface area contributed by atoms with Crippen molar-refractivity contribution in [2.75, 3.05) is 14.2 Å². The summed E-state index contributed by atoms with van der Waals surface area (Å²) in [5.74, 6) is 0.568. The summed E-state index contributed by atoms with van der Waals surface area (Å²) in [5.41, 5.74) is 1.69. The summed E-state index contributed by atoms with van der Waals surface area (Å²) in [7, 11) is 3.47. The SMILES string of the molecule is CNC(Cc1cc(OC)ccc1Br)c1c(F)cccc1Br. The van der Waals surface area contributed by atoms with Gasteiger partial charge < -0.3 is 10.1 Å². The van der Waals surface area contributed by atoms with Gasteiger partial charge in [-0.05, 0) is 49.4 Å². The normalized spacial score (nSPS) is 12.2. The molecule has 0 bridgehead atoms. The Hall–Kier alpha value is -0.910. The maximum Gasteiger partial charge on any atom is 0.129 e. The molecule has 0 aliphatic rings. The van der Waals surface area contributed by atoms with Crippen LogP contribution in [0.3, 0.4) is 0 Å². The summed E-state index contributed by atoms with van der Waals surface area (Å²) < 4.78 is 21.1. The third kappa shape index (κ3) is 3.84. The van der Waals surface area contributed by atoms with Crippen LogP contribution in [-0.4, -0.2) is 14.2 Å². The average molecular weight is 417 g/mol. The molecule has 0 aliphatic heterocycles. The third-order valence-corrected chi connectivity index (χ3v) is 4.84. The van der Waals surface area contributed by atoms with Crippen LogP contribution >= 0.6 is 31.9 Å². The zero-order chi connectivity index (χ0) is 15.4. The molecule has 1 unspecified atom stereocenters.